The second-order valence-electron chi connectivity index (χ2n) is 1.46. The third kappa shape index (κ3) is 65.9. The fraction of sp³-hybridized carbons (Fsp3) is 0.667. The van der Waals surface area contributed by atoms with Gasteiger partial charge in [-0.25, -0.2) is 4.79 Å². The van der Waals surface area contributed by atoms with Gasteiger partial charge in [0.2, 0.25) is 0 Å². The Kier molecular flexibility index (Phi) is 19.4. The van der Waals surface area contributed by atoms with E-state index >= 15 is 0 Å². The Morgan fingerprint density at radius 3 is 1.38 bits per heavy atom. The van der Waals surface area contributed by atoms with E-state index in [4.69, 9.17) is 27.7 Å². The molecule has 13 heavy (non-hydrogen) atoms. The summed E-state index contributed by atoms with van der Waals surface area (Å²) in [5, 5.41) is 15.8. The first-order chi connectivity index (χ1) is 4.64. The molecule has 0 spiro atoms. The van der Waals surface area contributed by atoms with Gasteiger partial charge < -0.3 is 10.2 Å². The second-order valence-corrected chi connectivity index (χ2v) is 2.36. The molecule has 0 amide bonds. The van der Waals surface area contributed by atoms with Gasteiger partial charge in [0.05, 0.1) is 0 Å². The Balaban J connectivity index is -0.0000000546. The zero-order chi connectivity index (χ0) is 9.65. The molecule has 0 heterocycles. The molecule has 0 aromatic carbocycles. The quantitative estimate of drug-likeness (QED) is 0.319. The van der Waals surface area contributed by atoms with Crippen LogP contribution in [0, 0.1) is 0 Å². The molecule has 0 aliphatic rings. The van der Waals surface area contributed by atoms with E-state index in [0.717, 1.165) is 0 Å². The van der Waals surface area contributed by atoms with E-state index in [9.17, 15) is 4.79 Å². The summed E-state index contributed by atoms with van der Waals surface area (Å²) >= 11 is 0. The van der Waals surface area contributed by atoms with Crippen LogP contribution in [-0.2, 0) is 34.7 Å². The summed E-state index contributed by atoms with van der Waals surface area (Å²) in [4.78, 5) is 9.45. The summed E-state index contributed by atoms with van der Waals surface area (Å²) in [6.45, 7) is 1.20. The number of aliphatic hydroxyl groups is 1. The van der Waals surface area contributed by atoms with E-state index in [1.165, 1.54) is 6.92 Å². The second kappa shape index (κ2) is 10.8. The standard InChI is InChI=1S/C3H6O3.Mg.H2O4S.Zn.2H/c1-2(4)3(5)6;;1-5(2,3)4;;;/h2,4H,1H3,(H,5,6);;(H2,1,2,3,4);;;. The van der Waals surface area contributed by atoms with Crippen LogP contribution < -0.4 is 0 Å². The molecule has 0 aliphatic carbocycles. The maximum Gasteiger partial charge on any atom is 0.394 e. The molecule has 0 aromatic rings. The molecule has 1 unspecified atom stereocenters. The van der Waals surface area contributed by atoms with Crippen molar-refractivity contribution in [3.63, 3.8) is 0 Å². The first-order valence-electron chi connectivity index (χ1n) is 2.25. The van der Waals surface area contributed by atoms with E-state index in [1.54, 1.807) is 0 Å². The van der Waals surface area contributed by atoms with E-state index in [2.05, 4.69) is 0 Å². The largest absolute Gasteiger partial charge is 0.479 e. The van der Waals surface area contributed by atoms with E-state index in [1.807, 2.05) is 0 Å². The van der Waals surface area contributed by atoms with Crippen molar-refractivity contribution in [3.8, 4) is 0 Å². The van der Waals surface area contributed by atoms with Crippen LogP contribution in [0.25, 0.3) is 0 Å². The maximum absolute atomic E-state index is 9.45. The summed E-state index contributed by atoms with van der Waals surface area (Å²) in [6, 6.07) is 0. The van der Waals surface area contributed by atoms with Crippen LogP contribution in [0.1, 0.15) is 6.92 Å². The number of carboxylic acids is 1. The third-order valence-corrected chi connectivity index (χ3v) is 0.357. The average molecular weight is 280 g/mol. The van der Waals surface area contributed by atoms with Gasteiger partial charge in [-0.1, -0.05) is 0 Å². The zero-order valence-electron chi connectivity index (χ0n) is 6.21. The van der Waals surface area contributed by atoms with Crippen molar-refractivity contribution in [1.82, 2.24) is 0 Å². The summed E-state index contributed by atoms with van der Waals surface area (Å²) in [5.74, 6) is -1.19. The number of carboxylic acid groups (broad SMARTS) is 1. The predicted octanol–water partition coefficient (Wildman–Crippen LogP) is -2.12. The van der Waals surface area contributed by atoms with E-state index in [-0.39, 0.29) is 42.5 Å². The number of hydrogen-bond donors (Lipinski definition) is 4. The smallest absolute Gasteiger partial charge is 0.394 e. The monoisotopic (exact) mass is 278 g/mol. The minimum absolute atomic E-state index is 0. The SMILES string of the molecule is CC(O)C(=O)O.O=S(=O)(O)O.[MgH2].[Zn]. The fourth-order valence-electron chi connectivity index (χ4n) is 0. The van der Waals surface area contributed by atoms with Crippen molar-refractivity contribution in [3.05, 3.63) is 0 Å². The maximum atomic E-state index is 9.45. The molecule has 0 saturated heterocycles. The molecule has 0 saturated carbocycles. The van der Waals surface area contributed by atoms with Crippen LogP contribution in [0.3, 0.4) is 0 Å². The van der Waals surface area contributed by atoms with E-state index < -0.39 is 22.5 Å². The Bertz CT molecular complexity index is 204. The van der Waals surface area contributed by atoms with Gasteiger partial charge in [0.15, 0.2) is 0 Å². The minimum Gasteiger partial charge on any atom is -0.479 e. The van der Waals surface area contributed by atoms with Crippen molar-refractivity contribution in [2.24, 2.45) is 0 Å². The fourth-order valence-corrected chi connectivity index (χ4v) is 0. The molecule has 10 heteroatoms. The molecule has 0 bridgehead atoms. The van der Waals surface area contributed by atoms with Gasteiger partial charge >= 0.3 is 39.4 Å². The summed E-state index contributed by atoms with van der Waals surface area (Å²) in [7, 11) is -4.67. The summed E-state index contributed by atoms with van der Waals surface area (Å²) < 4.78 is 31.6. The number of carbonyl (C=O) groups is 1. The molecule has 74 valence electrons. The molecule has 7 nitrogen and oxygen atoms in total. The molecule has 1 atom stereocenters. The first-order valence-corrected chi connectivity index (χ1v) is 3.65. The van der Waals surface area contributed by atoms with E-state index in [0.29, 0.717) is 0 Å². The molecule has 0 aromatic heterocycles. The Morgan fingerprint density at radius 1 is 1.31 bits per heavy atom. The van der Waals surface area contributed by atoms with Crippen LogP contribution >= 0.6 is 0 Å². The van der Waals surface area contributed by atoms with Crippen LogP contribution in [0.5, 0.6) is 0 Å². The number of rotatable bonds is 1. The van der Waals surface area contributed by atoms with Crippen molar-refractivity contribution >= 4 is 39.4 Å². The summed E-state index contributed by atoms with van der Waals surface area (Å²) in [5.41, 5.74) is 0. The topological polar surface area (TPSA) is 132 Å². The normalized spacial score (nSPS) is 10.8. The molecule has 0 rings (SSSR count). The zero-order valence-corrected chi connectivity index (χ0v) is 9.99. The van der Waals surface area contributed by atoms with Crippen LogP contribution in [0.2, 0.25) is 0 Å². The number of hydrogen-bond acceptors (Lipinski definition) is 4. The van der Waals surface area contributed by atoms with Gasteiger partial charge in [0.25, 0.3) is 0 Å². The number of aliphatic carboxylic acids is 1. The van der Waals surface area contributed by atoms with Crippen LogP contribution in [0.4, 0.5) is 0 Å². The molecular weight excluding hydrogens is 270 g/mol. The summed E-state index contributed by atoms with van der Waals surface area (Å²) in [6.07, 6.45) is -1.23. The number of aliphatic hydroxyl groups excluding tert-OH is 1. The van der Waals surface area contributed by atoms with Gasteiger partial charge in [0.1, 0.15) is 6.10 Å². The Hall–Kier alpha value is 0.690. The molecule has 0 aliphatic heterocycles. The van der Waals surface area contributed by atoms with Gasteiger partial charge in [-0.3, -0.25) is 9.11 Å². The average Bonchev–Trinajstić information content (AvgIpc) is 1.59. The van der Waals surface area contributed by atoms with Crippen molar-refractivity contribution in [1.29, 1.82) is 0 Å². The van der Waals surface area contributed by atoms with Crippen molar-refractivity contribution in [2.75, 3.05) is 0 Å². The van der Waals surface area contributed by atoms with Crippen molar-refractivity contribution in [2.45, 2.75) is 13.0 Å². The van der Waals surface area contributed by atoms with Crippen molar-refractivity contribution < 1.29 is 52.0 Å². The molecule has 0 radical (unpaired) electrons. The Morgan fingerprint density at radius 2 is 1.38 bits per heavy atom. The molecule has 0 fully saturated rings. The van der Waals surface area contributed by atoms with Gasteiger partial charge in [0, 0.05) is 19.5 Å². The van der Waals surface area contributed by atoms with Gasteiger partial charge in [-0.05, 0) is 6.92 Å². The molecule has 4 N–H and O–H groups in total. The molecular formula is C3H10MgO7SZn. The van der Waals surface area contributed by atoms with Gasteiger partial charge in [-0.2, -0.15) is 8.42 Å². The minimum atomic E-state index is -4.67. The Labute approximate surface area is 104 Å². The first kappa shape index (κ1) is 23.5. The predicted molar refractivity (Wildman–Crippen MR) is 42.0 cm³/mol. The van der Waals surface area contributed by atoms with Crippen LogP contribution in [0.15, 0.2) is 0 Å². The van der Waals surface area contributed by atoms with Crippen LogP contribution in [-0.4, -0.2) is 62.9 Å². The van der Waals surface area contributed by atoms with Gasteiger partial charge in [-0.15, -0.1) is 0 Å². The third-order valence-electron chi connectivity index (χ3n) is 0.357.